The van der Waals surface area contributed by atoms with Gasteiger partial charge < -0.3 is 5.11 Å². The van der Waals surface area contributed by atoms with Crippen molar-refractivity contribution in [2.24, 2.45) is 11.8 Å². The van der Waals surface area contributed by atoms with Crippen molar-refractivity contribution in [2.45, 2.75) is 59.4 Å². The molecular weight excluding hydrogens is 268 g/mol. The Morgan fingerprint density at radius 3 is 2.52 bits per heavy atom. The molecule has 2 unspecified atom stereocenters. The summed E-state index contributed by atoms with van der Waals surface area (Å²) in [5.41, 5.74) is 2.20. The monoisotopic (exact) mass is 292 g/mol. The number of nitrogens with zero attached hydrogens (tertiary/aromatic N) is 2. The van der Waals surface area contributed by atoms with Crippen LogP contribution in [0, 0.1) is 25.7 Å². The Hall–Kier alpha value is -1.65. The lowest BCUT2D eigenvalue weighted by Gasteiger charge is -2.21. The van der Waals surface area contributed by atoms with Crippen molar-refractivity contribution >= 4 is 5.97 Å². The third kappa shape index (κ3) is 3.52. The Morgan fingerprint density at radius 2 is 2.00 bits per heavy atom. The first kappa shape index (κ1) is 15.7. The Kier molecular flexibility index (Phi) is 4.49. The fraction of sp³-hybridized carbons (Fsp3) is 0.688. The molecule has 2 rings (SSSR count). The minimum atomic E-state index is -0.822. The first-order chi connectivity index (χ1) is 9.81. The minimum absolute atomic E-state index is 0.122. The molecule has 1 N–H and O–H groups in total. The quantitative estimate of drug-likeness (QED) is 0.874. The normalized spacial score (nSPS) is 17.5. The number of aromatic nitrogens is 2. The summed E-state index contributed by atoms with van der Waals surface area (Å²) < 4.78 is 1.75. The van der Waals surface area contributed by atoms with Crippen LogP contribution in [-0.4, -0.2) is 20.6 Å². The van der Waals surface area contributed by atoms with Gasteiger partial charge in [-0.15, -0.1) is 0 Å². The second-order valence-electron chi connectivity index (χ2n) is 6.39. The van der Waals surface area contributed by atoms with Gasteiger partial charge in [0.2, 0.25) is 0 Å². The van der Waals surface area contributed by atoms with Crippen LogP contribution in [0.3, 0.4) is 0 Å². The maximum atomic E-state index is 12.2. The Morgan fingerprint density at radius 1 is 1.38 bits per heavy atom. The van der Waals surface area contributed by atoms with Crippen molar-refractivity contribution in [3.05, 3.63) is 27.4 Å². The van der Waals surface area contributed by atoms with Crippen molar-refractivity contribution in [3.63, 3.8) is 0 Å². The highest BCUT2D eigenvalue weighted by molar-refractivity contribution is 5.70. The molecule has 1 aliphatic rings. The molecule has 0 saturated heterocycles. The van der Waals surface area contributed by atoms with Gasteiger partial charge in [0.1, 0.15) is 0 Å². The molecule has 2 atom stereocenters. The fourth-order valence-electron chi connectivity index (χ4n) is 2.96. The molecule has 21 heavy (non-hydrogen) atoms. The van der Waals surface area contributed by atoms with Crippen LogP contribution in [-0.2, 0) is 11.2 Å². The molecule has 1 aliphatic carbocycles. The van der Waals surface area contributed by atoms with Gasteiger partial charge in [0.05, 0.1) is 5.92 Å². The van der Waals surface area contributed by atoms with Crippen molar-refractivity contribution in [2.75, 3.05) is 0 Å². The number of carbonyl (C=O) groups is 1. The van der Waals surface area contributed by atoms with Gasteiger partial charge in [-0.1, -0.05) is 19.8 Å². The molecule has 1 saturated carbocycles. The molecule has 1 fully saturated rings. The minimum Gasteiger partial charge on any atom is -0.481 e. The molecule has 0 spiro atoms. The standard InChI is InChI=1S/C16H24N2O3/c1-9(15(19)20)7-14-11(3)17-16(21)18(12(14)4)10(2)8-13-5-6-13/h9-10,13H,5-8H2,1-4H3,(H,19,20). The van der Waals surface area contributed by atoms with E-state index in [1.165, 1.54) is 12.8 Å². The van der Waals surface area contributed by atoms with E-state index in [9.17, 15) is 9.59 Å². The first-order valence-corrected chi connectivity index (χ1v) is 7.62. The van der Waals surface area contributed by atoms with E-state index in [1.54, 1.807) is 18.4 Å². The van der Waals surface area contributed by atoms with Gasteiger partial charge in [0, 0.05) is 17.4 Å². The summed E-state index contributed by atoms with van der Waals surface area (Å²) in [6.07, 6.45) is 3.91. The lowest BCUT2D eigenvalue weighted by atomic mass is 9.98. The number of aryl methyl sites for hydroxylation is 1. The predicted octanol–water partition coefficient (Wildman–Crippen LogP) is 2.48. The zero-order valence-corrected chi connectivity index (χ0v) is 13.2. The molecule has 0 bridgehead atoms. The van der Waals surface area contributed by atoms with E-state index in [-0.39, 0.29) is 11.7 Å². The number of hydrogen-bond donors (Lipinski definition) is 1. The molecule has 1 heterocycles. The molecule has 116 valence electrons. The summed E-state index contributed by atoms with van der Waals surface area (Å²) in [7, 11) is 0. The molecule has 1 aromatic rings. The largest absolute Gasteiger partial charge is 0.481 e. The van der Waals surface area contributed by atoms with Crippen LogP contribution in [0.1, 0.15) is 56.1 Å². The van der Waals surface area contributed by atoms with E-state index >= 15 is 0 Å². The summed E-state index contributed by atoms with van der Waals surface area (Å²) in [6.45, 7) is 7.43. The van der Waals surface area contributed by atoms with Crippen molar-refractivity contribution in [1.29, 1.82) is 0 Å². The van der Waals surface area contributed by atoms with Crippen LogP contribution in [0.4, 0.5) is 0 Å². The van der Waals surface area contributed by atoms with Crippen LogP contribution in [0.2, 0.25) is 0 Å². The van der Waals surface area contributed by atoms with Gasteiger partial charge in [0.15, 0.2) is 0 Å². The molecule has 0 aromatic carbocycles. The number of carboxylic acid groups (broad SMARTS) is 1. The molecular formula is C16H24N2O3. The number of carboxylic acids is 1. The predicted molar refractivity (Wildman–Crippen MR) is 80.5 cm³/mol. The van der Waals surface area contributed by atoms with E-state index in [0.717, 1.165) is 23.6 Å². The maximum absolute atomic E-state index is 12.2. The zero-order valence-electron chi connectivity index (χ0n) is 13.2. The highest BCUT2D eigenvalue weighted by Crippen LogP contribution is 2.36. The lowest BCUT2D eigenvalue weighted by molar-refractivity contribution is -0.141. The second kappa shape index (κ2) is 6.00. The van der Waals surface area contributed by atoms with E-state index in [4.69, 9.17) is 5.11 Å². The van der Waals surface area contributed by atoms with Gasteiger partial charge in [-0.3, -0.25) is 9.36 Å². The van der Waals surface area contributed by atoms with Crippen molar-refractivity contribution in [3.8, 4) is 0 Å². The van der Waals surface area contributed by atoms with Gasteiger partial charge in [-0.25, -0.2) is 4.79 Å². The summed E-state index contributed by atoms with van der Waals surface area (Å²) in [5.74, 6) is -0.569. The molecule has 1 aromatic heterocycles. The molecule has 0 aliphatic heterocycles. The SMILES string of the molecule is Cc1nc(=O)n(C(C)CC2CC2)c(C)c1CC(C)C(=O)O. The summed E-state index contributed by atoms with van der Waals surface area (Å²) in [6, 6.07) is 0.122. The topological polar surface area (TPSA) is 72.2 Å². The fourth-order valence-corrected chi connectivity index (χ4v) is 2.96. The smallest absolute Gasteiger partial charge is 0.348 e. The third-order valence-corrected chi connectivity index (χ3v) is 4.45. The van der Waals surface area contributed by atoms with Gasteiger partial charge in [-0.2, -0.15) is 4.98 Å². The van der Waals surface area contributed by atoms with Crippen molar-refractivity contribution < 1.29 is 9.90 Å². The van der Waals surface area contributed by atoms with E-state index in [0.29, 0.717) is 12.1 Å². The second-order valence-corrected chi connectivity index (χ2v) is 6.39. The van der Waals surface area contributed by atoms with Gasteiger partial charge in [0.25, 0.3) is 0 Å². The summed E-state index contributed by atoms with van der Waals surface area (Å²) >= 11 is 0. The van der Waals surface area contributed by atoms with Crippen LogP contribution in [0.25, 0.3) is 0 Å². The van der Waals surface area contributed by atoms with Gasteiger partial charge >= 0.3 is 11.7 Å². The maximum Gasteiger partial charge on any atom is 0.348 e. The highest BCUT2D eigenvalue weighted by Gasteiger charge is 2.26. The molecule has 5 nitrogen and oxygen atoms in total. The van der Waals surface area contributed by atoms with Crippen LogP contribution >= 0.6 is 0 Å². The lowest BCUT2D eigenvalue weighted by Crippen LogP contribution is -2.31. The van der Waals surface area contributed by atoms with E-state index in [2.05, 4.69) is 4.98 Å². The number of aliphatic carboxylic acids is 1. The molecule has 0 radical (unpaired) electrons. The average Bonchev–Trinajstić information content (AvgIpc) is 3.17. The van der Waals surface area contributed by atoms with Crippen LogP contribution < -0.4 is 5.69 Å². The third-order valence-electron chi connectivity index (χ3n) is 4.45. The Balaban J connectivity index is 2.36. The van der Waals surface area contributed by atoms with Crippen LogP contribution in [0.15, 0.2) is 4.79 Å². The Bertz CT molecular complexity index is 602. The zero-order chi connectivity index (χ0) is 15.7. The van der Waals surface area contributed by atoms with E-state index < -0.39 is 11.9 Å². The molecule has 5 heteroatoms. The number of hydrogen-bond acceptors (Lipinski definition) is 3. The highest BCUT2D eigenvalue weighted by atomic mass is 16.4. The molecule has 0 amide bonds. The first-order valence-electron chi connectivity index (χ1n) is 7.62. The number of rotatable bonds is 6. The summed E-state index contributed by atoms with van der Waals surface area (Å²) in [4.78, 5) is 27.4. The van der Waals surface area contributed by atoms with E-state index in [1.807, 2.05) is 13.8 Å². The van der Waals surface area contributed by atoms with Crippen molar-refractivity contribution in [1.82, 2.24) is 9.55 Å². The Labute approximate surface area is 125 Å². The average molecular weight is 292 g/mol. The van der Waals surface area contributed by atoms with Crippen LogP contribution in [0.5, 0.6) is 0 Å². The summed E-state index contributed by atoms with van der Waals surface area (Å²) in [5, 5.41) is 9.10. The van der Waals surface area contributed by atoms with Gasteiger partial charge in [-0.05, 0) is 45.1 Å².